The molecule has 0 fully saturated rings. The molecule has 0 aliphatic rings. The molecule has 0 saturated carbocycles. The first kappa shape index (κ1) is 9.85. The molecule has 78 valence electrons. The Morgan fingerprint density at radius 1 is 1.40 bits per heavy atom. The summed E-state index contributed by atoms with van der Waals surface area (Å²) in [5, 5.41) is 0.439. The lowest BCUT2D eigenvalue weighted by Crippen LogP contribution is -1.95. The van der Waals surface area contributed by atoms with E-state index < -0.39 is 0 Å². The van der Waals surface area contributed by atoms with Crippen molar-refractivity contribution in [1.82, 2.24) is 14.3 Å². The number of hydrogen-bond acceptors (Lipinski definition) is 6. The number of rotatable bonds is 3. The van der Waals surface area contributed by atoms with E-state index in [1.807, 2.05) is 19.1 Å². The highest BCUT2D eigenvalue weighted by Gasteiger charge is 2.06. The monoisotopic (exact) mass is 222 g/mol. The Morgan fingerprint density at radius 2 is 2.27 bits per heavy atom. The van der Waals surface area contributed by atoms with Gasteiger partial charge < -0.3 is 10.5 Å². The third-order valence-corrected chi connectivity index (χ3v) is 2.23. The van der Waals surface area contributed by atoms with Crippen molar-refractivity contribution < 1.29 is 4.74 Å². The van der Waals surface area contributed by atoms with Gasteiger partial charge in [0.1, 0.15) is 5.69 Å². The molecule has 0 bridgehead atoms. The molecule has 0 aliphatic carbocycles. The minimum absolute atomic E-state index is 0.439. The molecule has 0 aromatic carbocycles. The number of nitrogen functional groups attached to an aromatic ring is 1. The van der Waals surface area contributed by atoms with Gasteiger partial charge in [-0.2, -0.15) is 9.36 Å². The fourth-order valence-corrected chi connectivity index (χ4v) is 1.55. The van der Waals surface area contributed by atoms with Crippen LogP contribution in [0.3, 0.4) is 0 Å². The molecule has 2 aromatic heterocycles. The number of anilines is 1. The van der Waals surface area contributed by atoms with Crippen LogP contribution in [0, 0.1) is 0 Å². The molecule has 2 aromatic rings. The number of nitrogens with zero attached hydrogens (tertiary/aromatic N) is 3. The van der Waals surface area contributed by atoms with Crippen LogP contribution in [-0.2, 0) is 0 Å². The Kier molecular flexibility index (Phi) is 2.77. The first-order valence-corrected chi connectivity index (χ1v) is 5.26. The number of nitrogens with two attached hydrogens (primary N) is 1. The Bertz CT molecular complexity index is 457. The number of ether oxygens (including phenoxy) is 1. The minimum atomic E-state index is 0.439. The van der Waals surface area contributed by atoms with Crippen molar-refractivity contribution in [2.24, 2.45) is 0 Å². The summed E-state index contributed by atoms with van der Waals surface area (Å²) in [4.78, 5) is 8.30. The van der Waals surface area contributed by atoms with Crippen molar-refractivity contribution in [3.05, 3.63) is 18.2 Å². The van der Waals surface area contributed by atoms with Crippen molar-refractivity contribution >= 4 is 16.7 Å². The highest BCUT2D eigenvalue weighted by molar-refractivity contribution is 7.09. The van der Waals surface area contributed by atoms with Crippen LogP contribution in [0.15, 0.2) is 18.2 Å². The maximum Gasteiger partial charge on any atom is 0.213 e. The summed E-state index contributed by atoms with van der Waals surface area (Å²) >= 11 is 1.15. The second kappa shape index (κ2) is 4.22. The quantitative estimate of drug-likeness (QED) is 0.853. The zero-order chi connectivity index (χ0) is 10.7. The molecule has 2 rings (SSSR count). The van der Waals surface area contributed by atoms with Crippen molar-refractivity contribution in [1.29, 1.82) is 0 Å². The van der Waals surface area contributed by atoms with Gasteiger partial charge in [-0.25, -0.2) is 4.98 Å². The van der Waals surface area contributed by atoms with Crippen LogP contribution in [0.4, 0.5) is 5.13 Å². The molecule has 2 N–H and O–H groups in total. The summed E-state index contributed by atoms with van der Waals surface area (Å²) in [6.07, 6.45) is 0. The fraction of sp³-hybridized carbons (Fsp3) is 0.222. The van der Waals surface area contributed by atoms with Gasteiger partial charge in [-0.1, -0.05) is 6.07 Å². The largest absolute Gasteiger partial charge is 0.478 e. The predicted molar refractivity (Wildman–Crippen MR) is 58.7 cm³/mol. The molecule has 0 amide bonds. The van der Waals surface area contributed by atoms with Gasteiger partial charge in [-0.3, -0.25) is 0 Å². The minimum Gasteiger partial charge on any atom is -0.478 e. The molecule has 0 spiro atoms. The van der Waals surface area contributed by atoms with E-state index >= 15 is 0 Å². The molecule has 0 radical (unpaired) electrons. The lowest BCUT2D eigenvalue weighted by atomic mass is 10.3. The van der Waals surface area contributed by atoms with Gasteiger partial charge >= 0.3 is 0 Å². The Labute approximate surface area is 91.1 Å². The number of aromatic nitrogens is 3. The van der Waals surface area contributed by atoms with Crippen LogP contribution in [-0.4, -0.2) is 20.9 Å². The Hall–Kier alpha value is -1.69. The molecule has 0 aliphatic heterocycles. The summed E-state index contributed by atoms with van der Waals surface area (Å²) in [7, 11) is 0. The third kappa shape index (κ3) is 2.21. The standard InChI is InChI=1S/C9H10N4OS/c1-2-14-7-5-3-4-6(11-7)8-12-9(10)15-13-8/h3-5H,2H2,1H3,(H2,10,12,13). The summed E-state index contributed by atoms with van der Waals surface area (Å²) in [6, 6.07) is 5.47. The van der Waals surface area contributed by atoms with E-state index in [9.17, 15) is 0 Å². The van der Waals surface area contributed by atoms with Crippen LogP contribution >= 0.6 is 11.5 Å². The normalized spacial score (nSPS) is 10.2. The van der Waals surface area contributed by atoms with Gasteiger partial charge in [0.25, 0.3) is 0 Å². The molecule has 0 saturated heterocycles. The maximum atomic E-state index is 5.50. The second-order valence-electron chi connectivity index (χ2n) is 2.75. The molecular formula is C9H10N4OS. The lowest BCUT2D eigenvalue weighted by molar-refractivity contribution is 0.327. The summed E-state index contributed by atoms with van der Waals surface area (Å²) in [6.45, 7) is 2.50. The molecular weight excluding hydrogens is 212 g/mol. The van der Waals surface area contributed by atoms with Crippen molar-refractivity contribution in [3.8, 4) is 17.4 Å². The van der Waals surface area contributed by atoms with E-state index in [0.29, 0.717) is 29.1 Å². The van der Waals surface area contributed by atoms with Gasteiger partial charge in [-0.05, 0) is 13.0 Å². The molecule has 6 heteroatoms. The first-order chi connectivity index (χ1) is 7.29. The van der Waals surface area contributed by atoms with Crippen molar-refractivity contribution in [2.75, 3.05) is 12.3 Å². The summed E-state index contributed by atoms with van der Waals surface area (Å²) in [5.41, 5.74) is 6.17. The van der Waals surface area contributed by atoms with Gasteiger partial charge in [-0.15, -0.1) is 0 Å². The molecule has 0 atom stereocenters. The van der Waals surface area contributed by atoms with Crippen LogP contribution < -0.4 is 10.5 Å². The van der Waals surface area contributed by atoms with Crippen LogP contribution in [0.1, 0.15) is 6.92 Å². The van der Waals surface area contributed by atoms with E-state index in [4.69, 9.17) is 10.5 Å². The molecule has 2 heterocycles. The highest BCUT2D eigenvalue weighted by Crippen LogP contribution is 2.19. The molecule has 5 nitrogen and oxygen atoms in total. The third-order valence-electron chi connectivity index (χ3n) is 1.69. The molecule has 15 heavy (non-hydrogen) atoms. The fourth-order valence-electron chi connectivity index (χ4n) is 1.11. The SMILES string of the molecule is CCOc1cccc(-c2nsc(N)n2)n1. The average Bonchev–Trinajstić information content (AvgIpc) is 2.66. The van der Waals surface area contributed by atoms with Crippen LogP contribution in [0.5, 0.6) is 5.88 Å². The zero-order valence-corrected chi connectivity index (χ0v) is 8.99. The lowest BCUT2D eigenvalue weighted by Gasteiger charge is -2.01. The van der Waals surface area contributed by atoms with E-state index in [0.717, 1.165) is 11.5 Å². The Balaban J connectivity index is 2.32. The van der Waals surface area contributed by atoms with Crippen LogP contribution in [0.2, 0.25) is 0 Å². The van der Waals surface area contributed by atoms with Crippen LogP contribution in [0.25, 0.3) is 11.5 Å². The predicted octanol–water partition coefficient (Wildman–Crippen LogP) is 1.58. The maximum absolute atomic E-state index is 5.50. The first-order valence-electron chi connectivity index (χ1n) is 4.49. The highest BCUT2D eigenvalue weighted by atomic mass is 32.1. The number of pyridine rings is 1. The van der Waals surface area contributed by atoms with Gasteiger partial charge in [0.15, 0.2) is 11.0 Å². The molecule has 0 unspecified atom stereocenters. The Morgan fingerprint density at radius 3 is 2.93 bits per heavy atom. The van der Waals surface area contributed by atoms with Gasteiger partial charge in [0.2, 0.25) is 5.88 Å². The van der Waals surface area contributed by atoms with E-state index in [2.05, 4.69) is 14.3 Å². The van der Waals surface area contributed by atoms with Gasteiger partial charge in [0, 0.05) is 17.6 Å². The van der Waals surface area contributed by atoms with E-state index in [1.54, 1.807) is 6.07 Å². The van der Waals surface area contributed by atoms with E-state index in [1.165, 1.54) is 0 Å². The van der Waals surface area contributed by atoms with E-state index in [-0.39, 0.29) is 0 Å². The summed E-state index contributed by atoms with van der Waals surface area (Å²) in [5.74, 6) is 1.11. The zero-order valence-electron chi connectivity index (χ0n) is 8.17. The summed E-state index contributed by atoms with van der Waals surface area (Å²) < 4.78 is 9.36. The number of hydrogen-bond donors (Lipinski definition) is 1. The average molecular weight is 222 g/mol. The van der Waals surface area contributed by atoms with Crippen molar-refractivity contribution in [3.63, 3.8) is 0 Å². The van der Waals surface area contributed by atoms with Gasteiger partial charge in [0.05, 0.1) is 6.61 Å². The second-order valence-corrected chi connectivity index (χ2v) is 3.53. The smallest absolute Gasteiger partial charge is 0.213 e. The topological polar surface area (TPSA) is 73.9 Å². The van der Waals surface area contributed by atoms with Crippen molar-refractivity contribution in [2.45, 2.75) is 6.92 Å².